The quantitative estimate of drug-likeness (QED) is 0.847. The van der Waals surface area contributed by atoms with Crippen LogP contribution in [-0.2, 0) is 0 Å². The molecule has 0 bridgehead atoms. The Morgan fingerprint density at radius 2 is 1.82 bits per heavy atom. The maximum atomic E-state index is 12.5. The Balaban J connectivity index is 1.74. The Hall–Kier alpha value is -2.40. The van der Waals surface area contributed by atoms with Crippen molar-refractivity contribution in [2.24, 2.45) is 0 Å². The number of nitrogens with zero attached hydrogens (tertiary/aromatic N) is 1. The zero-order valence-corrected chi connectivity index (χ0v) is 12.5. The van der Waals surface area contributed by atoms with E-state index in [1.54, 1.807) is 42.7 Å². The van der Waals surface area contributed by atoms with Crippen LogP contribution in [0.1, 0.15) is 33.2 Å². The van der Waals surface area contributed by atoms with Crippen LogP contribution in [0.5, 0.6) is 0 Å². The Morgan fingerprint density at radius 1 is 1.09 bits per heavy atom. The summed E-state index contributed by atoms with van der Waals surface area (Å²) in [6.07, 6.45) is 3.39. The van der Waals surface area contributed by atoms with E-state index in [1.807, 2.05) is 4.90 Å². The van der Waals surface area contributed by atoms with Crippen LogP contribution in [0.4, 0.5) is 0 Å². The van der Waals surface area contributed by atoms with Crippen LogP contribution < -0.4 is 5.32 Å². The van der Waals surface area contributed by atoms with Gasteiger partial charge in [-0.15, -0.1) is 0 Å². The number of amides is 1. The van der Waals surface area contributed by atoms with Gasteiger partial charge in [-0.3, -0.25) is 9.59 Å². The molecule has 1 unspecified atom stereocenters. The van der Waals surface area contributed by atoms with Crippen molar-refractivity contribution >= 4 is 11.7 Å². The normalized spacial score (nSPS) is 18.2. The summed E-state index contributed by atoms with van der Waals surface area (Å²) in [7, 11) is 0. The molecule has 1 amide bonds. The summed E-state index contributed by atoms with van der Waals surface area (Å²) in [5, 5.41) is 3.32. The maximum Gasteiger partial charge on any atom is 0.253 e. The number of carbonyl (C=O) groups excluding carboxylic acids is 2. The number of carbonyl (C=O) groups is 2. The molecule has 3 rings (SSSR count). The zero-order valence-electron chi connectivity index (χ0n) is 12.5. The van der Waals surface area contributed by atoms with Crippen molar-refractivity contribution in [2.45, 2.75) is 13.0 Å². The molecule has 114 valence electrons. The fourth-order valence-electron chi connectivity index (χ4n) is 2.70. The number of piperazine rings is 1. The van der Waals surface area contributed by atoms with Gasteiger partial charge in [-0.2, -0.15) is 0 Å². The van der Waals surface area contributed by atoms with Gasteiger partial charge in [-0.05, 0) is 25.1 Å². The molecule has 1 aliphatic rings. The van der Waals surface area contributed by atoms with Crippen molar-refractivity contribution in [3.05, 3.63) is 59.4 Å². The standard InChI is InChI=1S/C17H19N3O2/c1-12-11-20(9-8-19-12)17(22)14-4-2-13(3-5-14)16(21)15-6-7-18-10-15/h2-7,10,12,18-19H,8-9,11H2,1H3. The molecule has 1 atom stereocenters. The molecule has 22 heavy (non-hydrogen) atoms. The second-order valence-corrected chi connectivity index (χ2v) is 5.61. The number of hydrogen-bond acceptors (Lipinski definition) is 3. The number of H-pyrrole nitrogens is 1. The number of aromatic nitrogens is 1. The van der Waals surface area contributed by atoms with Gasteiger partial charge in [0.1, 0.15) is 0 Å². The fraction of sp³-hybridized carbons (Fsp3) is 0.294. The molecule has 2 heterocycles. The highest BCUT2D eigenvalue weighted by Crippen LogP contribution is 2.13. The minimum Gasteiger partial charge on any atom is -0.367 e. The first kappa shape index (κ1) is 14.5. The molecule has 0 saturated carbocycles. The minimum atomic E-state index is -0.0453. The van der Waals surface area contributed by atoms with Crippen LogP contribution in [0, 0.1) is 0 Å². The molecule has 1 aliphatic heterocycles. The molecule has 1 aromatic heterocycles. The molecule has 2 aromatic rings. The highest BCUT2D eigenvalue weighted by Gasteiger charge is 2.21. The van der Waals surface area contributed by atoms with Crippen LogP contribution >= 0.6 is 0 Å². The van der Waals surface area contributed by atoms with Gasteiger partial charge < -0.3 is 15.2 Å². The van der Waals surface area contributed by atoms with Crippen LogP contribution in [0.2, 0.25) is 0 Å². The number of nitrogens with one attached hydrogen (secondary N) is 2. The molecule has 5 heteroatoms. The molecule has 0 spiro atoms. The highest BCUT2D eigenvalue weighted by atomic mass is 16.2. The van der Waals surface area contributed by atoms with Gasteiger partial charge in [-0.1, -0.05) is 12.1 Å². The number of ketones is 1. The molecular weight excluding hydrogens is 278 g/mol. The number of aromatic amines is 1. The summed E-state index contributed by atoms with van der Waals surface area (Å²) < 4.78 is 0. The van der Waals surface area contributed by atoms with E-state index in [0.29, 0.717) is 35.8 Å². The third-order valence-electron chi connectivity index (χ3n) is 3.91. The Labute approximate surface area is 129 Å². The largest absolute Gasteiger partial charge is 0.367 e. The number of benzene rings is 1. The molecule has 2 N–H and O–H groups in total. The lowest BCUT2D eigenvalue weighted by molar-refractivity contribution is 0.0709. The van der Waals surface area contributed by atoms with E-state index in [9.17, 15) is 9.59 Å². The van der Waals surface area contributed by atoms with Crippen LogP contribution in [0.3, 0.4) is 0 Å². The summed E-state index contributed by atoms with van der Waals surface area (Å²) in [5.74, 6) is -0.0231. The van der Waals surface area contributed by atoms with Crippen molar-refractivity contribution in [3.8, 4) is 0 Å². The lowest BCUT2D eigenvalue weighted by Gasteiger charge is -2.32. The van der Waals surface area contributed by atoms with E-state index >= 15 is 0 Å². The second kappa shape index (κ2) is 6.15. The molecule has 1 saturated heterocycles. The monoisotopic (exact) mass is 297 g/mol. The van der Waals surface area contributed by atoms with Crippen LogP contribution in [0.25, 0.3) is 0 Å². The third kappa shape index (κ3) is 2.94. The van der Waals surface area contributed by atoms with Crippen molar-refractivity contribution in [1.29, 1.82) is 0 Å². The van der Waals surface area contributed by atoms with E-state index in [-0.39, 0.29) is 11.7 Å². The maximum absolute atomic E-state index is 12.5. The SMILES string of the molecule is CC1CN(C(=O)c2ccc(C(=O)c3cc[nH]c3)cc2)CCN1. The lowest BCUT2D eigenvalue weighted by atomic mass is 10.0. The first-order valence-corrected chi connectivity index (χ1v) is 7.45. The Kier molecular flexibility index (Phi) is 4.06. The van der Waals surface area contributed by atoms with E-state index < -0.39 is 0 Å². The van der Waals surface area contributed by atoms with Crippen LogP contribution in [0.15, 0.2) is 42.7 Å². The van der Waals surface area contributed by atoms with Gasteiger partial charge in [0.25, 0.3) is 5.91 Å². The molecule has 0 radical (unpaired) electrons. The van der Waals surface area contributed by atoms with Gasteiger partial charge in [0.2, 0.25) is 0 Å². The molecule has 1 aromatic carbocycles. The van der Waals surface area contributed by atoms with Crippen molar-refractivity contribution in [3.63, 3.8) is 0 Å². The summed E-state index contributed by atoms with van der Waals surface area (Å²) in [5.41, 5.74) is 1.83. The van der Waals surface area contributed by atoms with E-state index in [0.717, 1.165) is 6.54 Å². The number of rotatable bonds is 3. The predicted octanol–water partition coefficient (Wildman–Crippen LogP) is 1.68. The molecule has 5 nitrogen and oxygen atoms in total. The fourth-order valence-corrected chi connectivity index (χ4v) is 2.70. The summed E-state index contributed by atoms with van der Waals surface area (Å²) in [4.78, 5) is 29.4. The third-order valence-corrected chi connectivity index (χ3v) is 3.91. The molecule has 1 fully saturated rings. The summed E-state index contributed by atoms with van der Waals surface area (Å²) >= 11 is 0. The Morgan fingerprint density at radius 3 is 2.45 bits per heavy atom. The molecule has 0 aliphatic carbocycles. The van der Waals surface area contributed by atoms with Gasteiger partial charge in [0.05, 0.1) is 0 Å². The first-order valence-electron chi connectivity index (χ1n) is 7.45. The van der Waals surface area contributed by atoms with Gasteiger partial charge >= 0.3 is 0 Å². The van der Waals surface area contributed by atoms with E-state index in [1.165, 1.54) is 0 Å². The zero-order chi connectivity index (χ0) is 15.5. The highest BCUT2D eigenvalue weighted by molar-refractivity contribution is 6.09. The first-order chi connectivity index (χ1) is 10.6. The van der Waals surface area contributed by atoms with Crippen molar-refractivity contribution in [1.82, 2.24) is 15.2 Å². The second-order valence-electron chi connectivity index (χ2n) is 5.61. The summed E-state index contributed by atoms with van der Waals surface area (Å²) in [6, 6.07) is 8.95. The summed E-state index contributed by atoms with van der Waals surface area (Å²) in [6.45, 7) is 4.31. The van der Waals surface area contributed by atoms with Gasteiger partial charge in [-0.25, -0.2) is 0 Å². The van der Waals surface area contributed by atoms with E-state index in [2.05, 4.69) is 17.2 Å². The number of hydrogen-bond donors (Lipinski definition) is 2. The van der Waals surface area contributed by atoms with Crippen LogP contribution in [-0.4, -0.2) is 47.3 Å². The smallest absolute Gasteiger partial charge is 0.253 e. The lowest BCUT2D eigenvalue weighted by Crippen LogP contribution is -2.51. The average molecular weight is 297 g/mol. The van der Waals surface area contributed by atoms with Crippen molar-refractivity contribution < 1.29 is 9.59 Å². The molecular formula is C17H19N3O2. The predicted molar refractivity (Wildman–Crippen MR) is 84.0 cm³/mol. The van der Waals surface area contributed by atoms with Gasteiger partial charge in [0, 0.05) is 54.8 Å². The average Bonchev–Trinajstić information content (AvgIpc) is 3.08. The topological polar surface area (TPSA) is 65.2 Å². The minimum absolute atomic E-state index is 0.0222. The van der Waals surface area contributed by atoms with Crippen molar-refractivity contribution in [2.75, 3.05) is 19.6 Å². The Bertz CT molecular complexity index is 662. The van der Waals surface area contributed by atoms with E-state index in [4.69, 9.17) is 0 Å². The van der Waals surface area contributed by atoms with Gasteiger partial charge in [0.15, 0.2) is 5.78 Å².